The normalized spacial score (nSPS) is 12.5. The Kier molecular flexibility index (Phi) is 2.09. The highest BCUT2D eigenvalue weighted by atomic mass is 14.7. The summed E-state index contributed by atoms with van der Waals surface area (Å²) in [6.07, 6.45) is 0.961. The summed E-state index contributed by atoms with van der Waals surface area (Å²) in [5.74, 6) is 0. The van der Waals surface area contributed by atoms with Crippen molar-refractivity contribution in [3.63, 3.8) is 0 Å². The summed E-state index contributed by atoms with van der Waals surface area (Å²) >= 11 is 0. The molecule has 0 aliphatic heterocycles. The number of aryl methyl sites for hydroxylation is 3. The lowest BCUT2D eigenvalue weighted by Gasteiger charge is -2.10. The van der Waals surface area contributed by atoms with Gasteiger partial charge in [0.05, 0.1) is 5.69 Å². The van der Waals surface area contributed by atoms with Crippen LogP contribution in [0.2, 0.25) is 0 Å². The van der Waals surface area contributed by atoms with Crippen LogP contribution < -0.4 is 0 Å². The first-order valence-electron chi connectivity index (χ1n) is 6.01. The number of rotatable bonds is 0. The van der Waals surface area contributed by atoms with Crippen LogP contribution in [0.15, 0.2) is 12.1 Å². The van der Waals surface area contributed by atoms with Crippen molar-refractivity contribution in [1.82, 2.24) is 9.97 Å². The van der Waals surface area contributed by atoms with E-state index in [0.29, 0.717) is 0 Å². The first-order valence-corrected chi connectivity index (χ1v) is 6.01. The zero-order valence-corrected chi connectivity index (χ0v) is 10.8. The summed E-state index contributed by atoms with van der Waals surface area (Å²) in [4.78, 5) is 9.29. The molecule has 0 unspecified atom stereocenters. The van der Waals surface area contributed by atoms with Crippen LogP contribution in [0.1, 0.15) is 33.9 Å². The van der Waals surface area contributed by atoms with E-state index in [2.05, 4.69) is 42.9 Å². The van der Waals surface area contributed by atoms with E-state index in [-0.39, 0.29) is 0 Å². The Hall–Kier alpha value is -1.70. The van der Waals surface area contributed by atoms with Gasteiger partial charge in [0.2, 0.25) is 0 Å². The van der Waals surface area contributed by atoms with Crippen LogP contribution in [0.5, 0.6) is 0 Å². The summed E-state index contributed by atoms with van der Waals surface area (Å²) in [5, 5.41) is 0. The van der Waals surface area contributed by atoms with Crippen LogP contribution in [-0.2, 0) is 6.42 Å². The molecule has 0 aromatic carbocycles. The Bertz CT molecular complexity index is 627. The minimum absolute atomic E-state index is 0.961. The predicted molar refractivity (Wildman–Crippen MR) is 69.2 cm³/mol. The largest absolute Gasteiger partial charge is 0.258 e. The van der Waals surface area contributed by atoms with Gasteiger partial charge in [-0.1, -0.05) is 6.07 Å². The average molecular weight is 224 g/mol. The highest BCUT2D eigenvalue weighted by molar-refractivity contribution is 5.78. The van der Waals surface area contributed by atoms with Crippen molar-refractivity contribution in [3.8, 4) is 11.1 Å². The van der Waals surface area contributed by atoms with Gasteiger partial charge in [-0.2, -0.15) is 0 Å². The monoisotopic (exact) mass is 224 g/mol. The SMILES string of the molecule is Cc1ccc2c(n1)Cc1c(C)c(C)nc(C)c1-2. The van der Waals surface area contributed by atoms with Crippen LogP contribution in [0.4, 0.5) is 0 Å². The quantitative estimate of drug-likeness (QED) is 0.585. The second kappa shape index (κ2) is 3.39. The molecule has 1 aliphatic carbocycles. The van der Waals surface area contributed by atoms with Gasteiger partial charge in [0.25, 0.3) is 0 Å². The molecule has 0 fully saturated rings. The Morgan fingerprint density at radius 2 is 1.71 bits per heavy atom. The lowest BCUT2D eigenvalue weighted by atomic mass is 10.0. The number of aromatic nitrogens is 2. The Morgan fingerprint density at radius 3 is 2.47 bits per heavy atom. The molecular formula is C15H16N2. The van der Waals surface area contributed by atoms with Crippen LogP contribution in [0.25, 0.3) is 11.1 Å². The van der Waals surface area contributed by atoms with Gasteiger partial charge in [-0.25, -0.2) is 0 Å². The summed E-state index contributed by atoms with van der Waals surface area (Å²) in [5.41, 5.74) is 9.91. The number of hydrogen-bond donors (Lipinski definition) is 0. The maximum atomic E-state index is 4.65. The molecule has 0 bridgehead atoms. The van der Waals surface area contributed by atoms with E-state index in [9.17, 15) is 0 Å². The van der Waals surface area contributed by atoms with E-state index < -0.39 is 0 Å². The molecule has 2 aromatic heterocycles. The van der Waals surface area contributed by atoms with Crippen molar-refractivity contribution in [1.29, 1.82) is 0 Å². The molecule has 17 heavy (non-hydrogen) atoms. The summed E-state index contributed by atoms with van der Waals surface area (Å²) in [6.45, 7) is 8.40. The minimum Gasteiger partial charge on any atom is -0.258 e. The topological polar surface area (TPSA) is 25.8 Å². The third-order valence-corrected chi connectivity index (χ3v) is 3.72. The van der Waals surface area contributed by atoms with E-state index in [0.717, 1.165) is 23.5 Å². The lowest BCUT2D eigenvalue weighted by Crippen LogP contribution is -1.97. The van der Waals surface area contributed by atoms with Gasteiger partial charge in [0.15, 0.2) is 0 Å². The lowest BCUT2D eigenvalue weighted by molar-refractivity contribution is 1.04. The van der Waals surface area contributed by atoms with Crippen molar-refractivity contribution < 1.29 is 0 Å². The molecule has 3 rings (SSSR count). The second-order valence-corrected chi connectivity index (χ2v) is 4.88. The standard InChI is InChI=1S/C15H16N2/c1-8-5-6-12-14(16-8)7-13-9(2)10(3)17-11(4)15(12)13/h5-6H,7H2,1-4H3. The second-order valence-electron chi connectivity index (χ2n) is 4.88. The fourth-order valence-electron chi connectivity index (χ4n) is 2.73. The van der Waals surface area contributed by atoms with Crippen molar-refractivity contribution in [2.75, 3.05) is 0 Å². The summed E-state index contributed by atoms with van der Waals surface area (Å²) < 4.78 is 0. The maximum Gasteiger partial charge on any atom is 0.0529 e. The van der Waals surface area contributed by atoms with Gasteiger partial charge < -0.3 is 0 Å². The van der Waals surface area contributed by atoms with E-state index in [1.165, 1.54) is 27.9 Å². The van der Waals surface area contributed by atoms with Gasteiger partial charge in [0.1, 0.15) is 0 Å². The molecule has 1 aliphatic rings. The molecule has 0 spiro atoms. The Balaban J connectivity index is 2.34. The molecule has 0 amide bonds. The van der Waals surface area contributed by atoms with Crippen LogP contribution in [0, 0.1) is 27.7 Å². The highest BCUT2D eigenvalue weighted by Gasteiger charge is 2.24. The molecule has 0 radical (unpaired) electrons. The Labute approximate surface area is 102 Å². The van der Waals surface area contributed by atoms with Gasteiger partial charge in [0, 0.05) is 34.6 Å². The van der Waals surface area contributed by atoms with Crippen molar-refractivity contribution >= 4 is 0 Å². The maximum absolute atomic E-state index is 4.65. The van der Waals surface area contributed by atoms with E-state index >= 15 is 0 Å². The van der Waals surface area contributed by atoms with E-state index in [1.54, 1.807) is 0 Å². The zero-order chi connectivity index (χ0) is 12.2. The number of fused-ring (bicyclic) bond motifs is 3. The third kappa shape index (κ3) is 1.40. The first-order chi connectivity index (χ1) is 8.08. The minimum atomic E-state index is 0.961. The van der Waals surface area contributed by atoms with Gasteiger partial charge in [-0.05, 0) is 44.9 Å². The summed E-state index contributed by atoms with van der Waals surface area (Å²) in [7, 11) is 0. The number of nitrogens with zero attached hydrogens (tertiary/aromatic N) is 2. The first kappa shape index (κ1) is 10.5. The summed E-state index contributed by atoms with van der Waals surface area (Å²) in [6, 6.07) is 4.27. The molecule has 0 atom stereocenters. The molecule has 2 heteroatoms. The van der Waals surface area contributed by atoms with Crippen molar-refractivity contribution in [2.45, 2.75) is 34.1 Å². The molecule has 0 saturated heterocycles. The fraction of sp³-hybridized carbons (Fsp3) is 0.333. The van der Waals surface area contributed by atoms with Crippen LogP contribution in [0.3, 0.4) is 0 Å². The van der Waals surface area contributed by atoms with E-state index in [1.807, 2.05) is 6.92 Å². The van der Waals surface area contributed by atoms with Gasteiger partial charge in [-0.3, -0.25) is 9.97 Å². The van der Waals surface area contributed by atoms with Crippen molar-refractivity contribution in [3.05, 3.63) is 46.0 Å². The van der Waals surface area contributed by atoms with Crippen LogP contribution in [-0.4, -0.2) is 9.97 Å². The average Bonchev–Trinajstić information content (AvgIpc) is 2.64. The molecular weight excluding hydrogens is 208 g/mol. The van der Waals surface area contributed by atoms with Crippen molar-refractivity contribution in [2.24, 2.45) is 0 Å². The van der Waals surface area contributed by atoms with Crippen LogP contribution >= 0.6 is 0 Å². The number of hydrogen-bond acceptors (Lipinski definition) is 2. The molecule has 86 valence electrons. The zero-order valence-electron chi connectivity index (χ0n) is 10.8. The smallest absolute Gasteiger partial charge is 0.0529 e. The van der Waals surface area contributed by atoms with Gasteiger partial charge >= 0.3 is 0 Å². The fourth-order valence-corrected chi connectivity index (χ4v) is 2.73. The van der Waals surface area contributed by atoms with Gasteiger partial charge in [-0.15, -0.1) is 0 Å². The third-order valence-electron chi connectivity index (χ3n) is 3.72. The Morgan fingerprint density at radius 1 is 0.941 bits per heavy atom. The highest BCUT2D eigenvalue weighted by Crippen LogP contribution is 2.39. The molecule has 0 N–H and O–H groups in total. The molecule has 2 heterocycles. The van der Waals surface area contributed by atoms with E-state index in [4.69, 9.17) is 0 Å². The molecule has 2 nitrogen and oxygen atoms in total. The number of pyridine rings is 2. The molecule has 0 saturated carbocycles. The molecule has 2 aromatic rings. The predicted octanol–water partition coefficient (Wildman–Crippen LogP) is 3.28.